The topological polar surface area (TPSA) is 12.0 Å². The average molecular weight is 227 g/mol. The number of fused-ring (bicyclic) bond motifs is 2. The van der Waals surface area contributed by atoms with E-state index in [0.29, 0.717) is 0 Å². The molecule has 0 spiro atoms. The smallest absolute Gasteiger partial charge is 0.0140 e. The summed E-state index contributed by atoms with van der Waals surface area (Å²) in [4.78, 5) is 0. The number of hydrogen-bond donors (Lipinski definition) is 1. The van der Waals surface area contributed by atoms with Gasteiger partial charge < -0.3 is 5.32 Å². The number of nitrogens with one attached hydrogen (secondary N) is 1. The third-order valence-corrected chi connectivity index (χ3v) is 4.35. The Kier molecular flexibility index (Phi) is 3.28. The molecule has 2 fully saturated rings. The quantitative estimate of drug-likeness (QED) is 0.830. The summed E-state index contributed by atoms with van der Waals surface area (Å²) in [6, 6.07) is 11.3. The van der Waals surface area contributed by atoms with Gasteiger partial charge in [0, 0.05) is 12.6 Å². The molecule has 3 atom stereocenters. The van der Waals surface area contributed by atoms with Crippen LogP contribution in [-0.2, 0) is 0 Å². The molecule has 2 bridgehead atoms. The molecular formula is C16H21N. The molecule has 0 aromatic heterocycles. The normalized spacial score (nSPS) is 31.4. The summed E-state index contributed by atoms with van der Waals surface area (Å²) in [5.41, 5.74) is 1.29. The van der Waals surface area contributed by atoms with E-state index < -0.39 is 0 Å². The predicted octanol–water partition coefficient (Wildman–Crippen LogP) is 3.48. The molecule has 0 heterocycles. The summed E-state index contributed by atoms with van der Waals surface area (Å²) >= 11 is 0. The van der Waals surface area contributed by atoms with Gasteiger partial charge in [0.1, 0.15) is 0 Å². The van der Waals surface area contributed by atoms with E-state index in [1.807, 2.05) is 0 Å². The zero-order valence-electron chi connectivity index (χ0n) is 10.3. The summed E-state index contributed by atoms with van der Waals surface area (Å²) < 4.78 is 0. The van der Waals surface area contributed by atoms with Crippen LogP contribution in [-0.4, -0.2) is 12.6 Å². The fraction of sp³-hybridized carbons (Fsp3) is 0.500. The summed E-state index contributed by atoms with van der Waals surface area (Å²) in [5.74, 6) is 2.01. The highest BCUT2D eigenvalue weighted by atomic mass is 14.9. The fourth-order valence-corrected chi connectivity index (χ4v) is 3.47. The van der Waals surface area contributed by atoms with Crippen molar-refractivity contribution in [2.75, 3.05) is 6.54 Å². The molecule has 2 aliphatic carbocycles. The summed E-state index contributed by atoms with van der Waals surface area (Å²) in [6.45, 7) is 1.02. The van der Waals surface area contributed by atoms with Gasteiger partial charge in [-0.05, 0) is 36.7 Å². The van der Waals surface area contributed by atoms with Crippen LogP contribution in [0.2, 0.25) is 0 Å². The molecule has 3 rings (SSSR count). The minimum atomic E-state index is 0.800. The fourth-order valence-electron chi connectivity index (χ4n) is 3.47. The third kappa shape index (κ3) is 2.61. The highest BCUT2D eigenvalue weighted by Gasteiger charge is 2.38. The Morgan fingerprint density at radius 2 is 2.00 bits per heavy atom. The van der Waals surface area contributed by atoms with Gasteiger partial charge in [0.05, 0.1) is 0 Å². The van der Waals surface area contributed by atoms with Crippen molar-refractivity contribution >= 4 is 6.08 Å². The van der Waals surface area contributed by atoms with Crippen molar-refractivity contribution in [3.63, 3.8) is 0 Å². The van der Waals surface area contributed by atoms with Crippen molar-refractivity contribution in [1.29, 1.82) is 0 Å². The van der Waals surface area contributed by atoms with Gasteiger partial charge in [-0.25, -0.2) is 0 Å². The van der Waals surface area contributed by atoms with Gasteiger partial charge in [-0.2, -0.15) is 0 Å². The monoisotopic (exact) mass is 227 g/mol. The van der Waals surface area contributed by atoms with Crippen molar-refractivity contribution in [3.05, 3.63) is 42.0 Å². The van der Waals surface area contributed by atoms with Gasteiger partial charge in [0.15, 0.2) is 0 Å². The second kappa shape index (κ2) is 5.05. The van der Waals surface area contributed by atoms with E-state index in [1.165, 1.54) is 31.2 Å². The molecule has 1 aromatic carbocycles. The van der Waals surface area contributed by atoms with E-state index in [0.717, 1.165) is 24.4 Å². The predicted molar refractivity (Wildman–Crippen MR) is 72.7 cm³/mol. The molecular weight excluding hydrogens is 206 g/mol. The van der Waals surface area contributed by atoms with Crippen LogP contribution < -0.4 is 5.32 Å². The van der Waals surface area contributed by atoms with Crippen molar-refractivity contribution in [1.82, 2.24) is 5.32 Å². The van der Waals surface area contributed by atoms with Gasteiger partial charge >= 0.3 is 0 Å². The standard InChI is InChI=1S/C16H21N/c1-2-5-13(6-3-1)7-4-10-17-16-12-14-8-9-15(16)11-14/h1-7,14-17H,8-12H2. The Morgan fingerprint density at radius 1 is 1.12 bits per heavy atom. The molecule has 1 heteroatoms. The average Bonchev–Trinajstić information content (AvgIpc) is 2.98. The Bertz CT molecular complexity index is 382. The first kappa shape index (κ1) is 11.0. The third-order valence-electron chi connectivity index (χ3n) is 4.35. The SMILES string of the molecule is C(=Cc1ccccc1)CNC1CC2CCC1C2. The summed E-state index contributed by atoms with van der Waals surface area (Å²) in [5, 5.41) is 3.70. The van der Waals surface area contributed by atoms with Crippen LogP contribution in [0.1, 0.15) is 31.2 Å². The molecule has 0 saturated heterocycles. The van der Waals surface area contributed by atoms with E-state index in [9.17, 15) is 0 Å². The largest absolute Gasteiger partial charge is 0.310 e. The maximum absolute atomic E-state index is 3.70. The van der Waals surface area contributed by atoms with Gasteiger partial charge in [-0.15, -0.1) is 0 Å². The molecule has 2 saturated carbocycles. The van der Waals surface area contributed by atoms with Crippen LogP contribution in [0.4, 0.5) is 0 Å². The number of benzene rings is 1. The van der Waals surface area contributed by atoms with E-state index in [-0.39, 0.29) is 0 Å². The highest BCUT2D eigenvalue weighted by Crippen LogP contribution is 2.44. The molecule has 90 valence electrons. The van der Waals surface area contributed by atoms with Gasteiger partial charge in [0.25, 0.3) is 0 Å². The Morgan fingerprint density at radius 3 is 2.71 bits per heavy atom. The van der Waals surface area contributed by atoms with Crippen molar-refractivity contribution in [2.24, 2.45) is 11.8 Å². The lowest BCUT2D eigenvalue weighted by Gasteiger charge is -2.22. The number of rotatable bonds is 4. The van der Waals surface area contributed by atoms with Crippen LogP contribution >= 0.6 is 0 Å². The maximum atomic E-state index is 3.70. The molecule has 1 nitrogen and oxygen atoms in total. The van der Waals surface area contributed by atoms with E-state index in [2.05, 4.69) is 47.8 Å². The lowest BCUT2D eigenvalue weighted by Crippen LogP contribution is -2.33. The van der Waals surface area contributed by atoms with E-state index in [1.54, 1.807) is 0 Å². The molecule has 0 aliphatic heterocycles. The van der Waals surface area contributed by atoms with Crippen molar-refractivity contribution < 1.29 is 0 Å². The van der Waals surface area contributed by atoms with E-state index in [4.69, 9.17) is 0 Å². The molecule has 1 N–H and O–H groups in total. The highest BCUT2D eigenvalue weighted by molar-refractivity contribution is 5.48. The van der Waals surface area contributed by atoms with Gasteiger partial charge in [0.2, 0.25) is 0 Å². The molecule has 0 amide bonds. The van der Waals surface area contributed by atoms with Crippen LogP contribution in [0, 0.1) is 11.8 Å². The summed E-state index contributed by atoms with van der Waals surface area (Å²) in [7, 11) is 0. The zero-order valence-corrected chi connectivity index (χ0v) is 10.3. The maximum Gasteiger partial charge on any atom is 0.0140 e. The lowest BCUT2D eigenvalue weighted by molar-refractivity contribution is 0.363. The van der Waals surface area contributed by atoms with Crippen molar-refractivity contribution in [2.45, 2.75) is 31.7 Å². The Hall–Kier alpha value is -1.08. The first-order valence-electron chi connectivity index (χ1n) is 6.87. The Balaban J connectivity index is 1.45. The second-order valence-corrected chi connectivity index (χ2v) is 5.50. The zero-order chi connectivity index (χ0) is 11.5. The lowest BCUT2D eigenvalue weighted by atomic mass is 9.95. The summed E-state index contributed by atoms with van der Waals surface area (Å²) in [6.07, 6.45) is 10.3. The van der Waals surface area contributed by atoms with Crippen LogP contribution in [0.3, 0.4) is 0 Å². The van der Waals surface area contributed by atoms with Crippen LogP contribution in [0.25, 0.3) is 6.08 Å². The first-order chi connectivity index (χ1) is 8.42. The molecule has 1 aromatic rings. The molecule has 3 unspecified atom stereocenters. The molecule has 17 heavy (non-hydrogen) atoms. The second-order valence-electron chi connectivity index (χ2n) is 5.50. The number of hydrogen-bond acceptors (Lipinski definition) is 1. The van der Waals surface area contributed by atoms with Gasteiger partial charge in [-0.3, -0.25) is 0 Å². The molecule has 0 radical (unpaired) electrons. The molecule has 2 aliphatic rings. The first-order valence-corrected chi connectivity index (χ1v) is 6.87. The Labute approximate surface area is 104 Å². The van der Waals surface area contributed by atoms with Crippen LogP contribution in [0.15, 0.2) is 36.4 Å². The van der Waals surface area contributed by atoms with E-state index >= 15 is 0 Å². The van der Waals surface area contributed by atoms with Crippen molar-refractivity contribution in [3.8, 4) is 0 Å². The van der Waals surface area contributed by atoms with Gasteiger partial charge in [-0.1, -0.05) is 48.9 Å². The minimum Gasteiger partial charge on any atom is -0.310 e. The minimum absolute atomic E-state index is 0.800. The van der Waals surface area contributed by atoms with Crippen LogP contribution in [0.5, 0.6) is 0 Å².